The number of methoxy groups -OCH3 is 1. The van der Waals surface area contributed by atoms with E-state index in [4.69, 9.17) is 4.74 Å². The Morgan fingerprint density at radius 3 is 2.57 bits per heavy atom. The Hall–Kier alpha value is -1.32. The van der Waals surface area contributed by atoms with Gasteiger partial charge in [0.1, 0.15) is 5.75 Å². The molecule has 1 aromatic heterocycles. The minimum Gasteiger partial charge on any atom is -0.497 e. The largest absolute Gasteiger partial charge is 0.497 e. The predicted octanol–water partition coefficient (Wildman–Crippen LogP) is 4.74. The van der Waals surface area contributed by atoms with Crippen LogP contribution in [0.15, 0.2) is 35.7 Å². The zero-order valence-corrected chi connectivity index (χ0v) is 14.0. The molecule has 114 valence electrons. The van der Waals surface area contributed by atoms with E-state index in [0.29, 0.717) is 6.04 Å². The van der Waals surface area contributed by atoms with Crippen LogP contribution in [0.1, 0.15) is 41.8 Å². The molecule has 0 saturated carbocycles. The summed E-state index contributed by atoms with van der Waals surface area (Å²) < 4.78 is 5.21. The minimum absolute atomic E-state index is 0.456. The van der Waals surface area contributed by atoms with Crippen LogP contribution in [-0.2, 0) is 6.42 Å². The third kappa shape index (κ3) is 4.87. The quantitative estimate of drug-likeness (QED) is 0.760. The highest BCUT2D eigenvalue weighted by molar-refractivity contribution is 7.10. The molecule has 2 rings (SSSR count). The highest BCUT2D eigenvalue weighted by Gasteiger charge is 2.12. The molecule has 0 aliphatic heterocycles. The van der Waals surface area contributed by atoms with Gasteiger partial charge >= 0.3 is 0 Å². The van der Waals surface area contributed by atoms with Crippen LogP contribution in [0.4, 0.5) is 0 Å². The molecular weight excluding hydrogens is 278 g/mol. The molecule has 0 saturated heterocycles. The standard InChI is InChI=1S/C18H25NOS/c1-4-11-19-18(16-12-14(2)21-13-16)10-7-15-5-8-17(20-3)9-6-15/h5-6,8-9,12-13,18-19H,4,7,10-11H2,1-3H3. The molecule has 1 N–H and O–H groups in total. The van der Waals surface area contributed by atoms with Crippen molar-refractivity contribution in [1.29, 1.82) is 0 Å². The molecule has 0 radical (unpaired) electrons. The van der Waals surface area contributed by atoms with E-state index in [0.717, 1.165) is 25.1 Å². The zero-order valence-electron chi connectivity index (χ0n) is 13.2. The van der Waals surface area contributed by atoms with Crippen molar-refractivity contribution < 1.29 is 4.74 Å². The fourth-order valence-electron chi connectivity index (χ4n) is 2.45. The maximum absolute atomic E-state index is 5.21. The van der Waals surface area contributed by atoms with Crippen LogP contribution in [0.25, 0.3) is 0 Å². The fourth-order valence-corrected chi connectivity index (χ4v) is 3.21. The van der Waals surface area contributed by atoms with Gasteiger partial charge in [0.05, 0.1) is 7.11 Å². The summed E-state index contributed by atoms with van der Waals surface area (Å²) in [5.74, 6) is 0.924. The first-order chi connectivity index (χ1) is 10.2. The molecule has 0 bridgehead atoms. The second-order valence-corrected chi connectivity index (χ2v) is 6.50. The number of hydrogen-bond donors (Lipinski definition) is 1. The maximum Gasteiger partial charge on any atom is 0.118 e. The molecule has 1 heterocycles. The lowest BCUT2D eigenvalue weighted by Crippen LogP contribution is -2.22. The Morgan fingerprint density at radius 1 is 1.24 bits per heavy atom. The highest BCUT2D eigenvalue weighted by Crippen LogP contribution is 2.24. The van der Waals surface area contributed by atoms with E-state index >= 15 is 0 Å². The average molecular weight is 303 g/mol. The third-order valence-electron chi connectivity index (χ3n) is 3.67. The maximum atomic E-state index is 5.21. The Balaban J connectivity index is 1.97. The Bertz CT molecular complexity index is 532. The summed E-state index contributed by atoms with van der Waals surface area (Å²) in [7, 11) is 1.71. The number of rotatable bonds is 8. The van der Waals surface area contributed by atoms with Crippen LogP contribution in [0.5, 0.6) is 5.75 Å². The molecule has 21 heavy (non-hydrogen) atoms. The molecule has 1 unspecified atom stereocenters. The summed E-state index contributed by atoms with van der Waals surface area (Å²) >= 11 is 1.84. The van der Waals surface area contributed by atoms with E-state index in [2.05, 4.69) is 42.7 Å². The topological polar surface area (TPSA) is 21.3 Å². The van der Waals surface area contributed by atoms with E-state index < -0.39 is 0 Å². The lowest BCUT2D eigenvalue weighted by atomic mass is 10.0. The van der Waals surface area contributed by atoms with Crippen molar-refractivity contribution in [3.63, 3.8) is 0 Å². The van der Waals surface area contributed by atoms with Crippen LogP contribution in [0, 0.1) is 6.92 Å². The fraction of sp³-hybridized carbons (Fsp3) is 0.444. The molecule has 0 aliphatic carbocycles. The summed E-state index contributed by atoms with van der Waals surface area (Å²) in [5, 5.41) is 5.96. The summed E-state index contributed by atoms with van der Waals surface area (Å²) in [4.78, 5) is 1.39. The summed E-state index contributed by atoms with van der Waals surface area (Å²) in [6.07, 6.45) is 3.38. The zero-order chi connectivity index (χ0) is 15.1. The van der Waals surface area contributed by atoms with E-state index in [1.807, 2.05) is 23.5 Å². The predicted molar refractivity (Wildman–Crippen MR) is 91.4 cm³/mol. The number of aryl methyl sites for hydroxylation is 2. The first-order valence-corrected chi connectivity index (χ1v) is 8.52. The molecule has 1 aromatic carbocycles. The van der Waals surface area contributed by atoms with Gasteiger partial charge < -0.3 is 10.1 Å². The summed E-state index contributed by atoms with van der Waals surface area (Å²) in [6.45, 7) is 5.46. The number of benzene rings is 1. The Morgan fingerprint density at radius 2 is 2.00 bits per heavy atom. The lowest BCUT2D eigenvalue weighted by Gasteiger charge is -2.17. The van der Waals surface area contributed by atoms with E-state index in [1.165, 1.54) is 22.4 Å². The molecular formula is C18H25NOS. The highest BCUT2D eigenvalue weighted by atomic mass is 32.1. The van der Waals surface area contributed by atoms with Gasteiger partial charge in [0.2, 0.25) is 0 Å². The van der Waals surface area contributed by atoms with Crippen molar-refractivity contribution in [3.8, 4) is 5.75 Å². The van der Waals surface area contributed by atoms with Gasteiger partial charge in [-0.05, 0) is 67.4 Å². The van der Waals surface area contributed by atoms with Crippen molar-refractivity contribution in [2.24, 2.45) is 0 Å². The number of thiophene rings is 1. The summed E-state index contributed by atoms with van der Waals surface area (Å²) in [5.41, 5.74) is 2.80. The number of hydrogen-bond acceptors (Lipinski definition) is 3. The molecule has 0 fully saturated rings. The lowest BCUT2D eigenvalue weighted by molar-refractivity contribution is 0.414. The van der Waals surface area contributed by atoms with E-state index in [-0.39, 0.29) is 0 Å². The van der Waals surface area contributed by atoms with Crippen LogP contribution in [0.2, 0.25) is 0 Å². The van der Waals surface area contributed by atoms with Crippen molar-refractivity contribution in [1.82, 2.24) is 5.32 Å². The van der Waals surface area contributed by atoms with E-state index in [9.17, 15) is 0 Å². The smallest absolute Gasteiger partial charge is 0.118 e. The van der Waals surface area contributed by atoms with Gasteiger partial charge in [0, 0.05) is 10.9 Å². The van der Waals surface area contributed by atoms with E-state index in [1.54, 1.807) is 7.11 Å². The van der Waals surface area contributed by atoms with Gasteiger partial charge in [-0.1, -0.05) is 19.1 Å². The van der Waals surface area contributed by atoms with Crippen molar-refractivity contribution >= 4 is 11.3 Å². The Labute approximate surface area is 132 Å². The molecule has 0 aliphatic rings. The second kappa shape index (κ2) is 8.20. The second-order valence-electron chi connectivity index (χ2n) is 5.38. The van der Waals surface area contributed by atoms with Crippen LogP contribution >= 0.6 is 11.3 Å². The van der Waals surface area contributed by atoms with Gasteiger partial charge in [0.15, 0.2) is 0 Å². The summed E-state index contributed by atoms with van der Waals surface area (Å²) in [6, 6.07) is 11.2. The van der Waals surface area contributed by atoms with Crippen LogP contribution in [0.3, 0.4) is 0 Å². The minimum atomic E-state index is 0.456. The molecule has 2 aromatic rings. The SMILES string of the molecule is CCCNC(CCc1ccc(OC)cc1)c1csc(C)c1. The molecule has 3 heteroatoms. The van der Waals surface area contributed by atoms with Gasteiger partial charge in [0.25, 0.3) is 0 Å². The molecule has 0 spiro atoms. The van der Waals surface area contributed by atoms with Crippen molar-refractivity contribution in [2.75, 3.05) is 13.7 Å². The average Bonchev–Trinajstić information content (AvgIpc) is 2.94. The van der Waals surface area contributed by atoms with Gasteiger partial charge in [-0.3, -0.25) is 0 Å². The number of nitrogens with one attached hydrogen (secondary N) is 1. The first-order valence-electron chi connectivity index (χ1n) is 7.64. The van der Waals surface area contributed by atoms with Crippen LogP contribution < -0.4 is 10.1 Å². The van der Waals surface area contributed by atoms with Crippen molar-refractivity contribution in [3.05, 3.63) is 51.7 Å². The van der Waals surface area contributed by atoms with Gasteiger partial charge in [-0.25, -0.2) is 0 Å². The van der Waals surface area contributed by atoms with Gasteiger partial charge in [-0.2, -0.15) is 0 Å². The van der Waals surface area contributed by atoms with Gasteiger partial charge in [-0.15, -0.1) is 11.3 Å². The number of ether oxygens (including phenoxy) is 1. The molecule has 0 amide bonds. The monoisotopic (exact) mass is 303 g/mol. The first kappa shape index (κ1) is 16.1. The third-order valence-corrected chi connectivity index (χ3v) is 4.55. The molecule has 1 atom stereocenters. The van der Waals surface area contributed by atoms with Crippen molar-refractivity contribution in [2.45, 2.75) is 39.2 Å². The normalized spacial score (nSPS) is 12.3. The molecule has 2 nitrogen and oxygen atoms in total. The van der Waals surface area contributed by atoms with Crippen LogP contribution in [-0.4, -0.2) is 13.7 Å². The Kier molecular flexibility index (Phi) is 6.27.